The minimum Gasteiger partial charge on any atom is -0.379 e. The van der Waals surface area contributed by atoms with E-state index in [2.05, 4.69) is 9.80 Å². The minimum atomic E-state index is 0. The van der Waals surface area contributed by atoms with Crippen molar-refractivity contribution in [3.8, 4) is 0 Å². The molecule has 6 nitrogen and oxygen atoms in total. The van der Waals surface area contributed by atoms with Gasteiger partial charge in [0.1, 0.15) is 0 Å². The van der Waals surface area contributed by atoms with E-state index in [4.69, 9.17) is 20.2 Å². The van der Waals surface area contributed by atoms with Crippen molar-refractivity contribution in [3.05, 3.63) is 0 Å². The Bertz CT molecular complexity index is 368. The largest absolute Gasteiger partial charge is 0.379 e. The van der Waals surface area contributed by atoms with Crippen molar-refractivity contribution in [1.29, 1.82) is 0 Å². The van der Waals surface area contributed by atoms with E-state index in [1.807, 2.05) is 11.8 Å². The van der Waals surface area contributed by atoms with Gasteiger partial charge in [-0.1, -0.05) is 0 Å². The monoisotopic (exact) mass is 442 g/mol. The number of ether oxygens (including phenoxy) is 2. The van der Waals surface area contributed by atoms with Crippen LogP contribution >= 0.6 is 35.7 Å². The molecule has 0 aromatic heterocycles. The fourth-order valence-electron chi connectivity index (χ4n) is 3.23. The van der Waals surface area contributed by atoms with E-state index in [1.54, 1.807) is 0 Å². The molecule has 3 heterocycles. The Morgan fingerprint density at radius 1 is 1.09 bits per heavy atom. The predicted molar refractivity (Wildman–Crippen MR) is 101 cm³/mol. The van der Waals surface area contributed by atoms with E-state index in [9.17, 15) is 0 Å². The minimum absolute atomic E-state index is 0. The van der Waals surface area contributed by atoms with E-state index < -0.39 is 0 Å². The first-order valence-corrected chi connectivity index (χ1v) is 8.99. The summed E-state index contributed by atoms with van der Waals surface area (Å²) in [4.78, 5) is 9.46. The van der Waals surface area contributed by atoms with Gasteiger partial charge in [0.25, 0.3) is 0 Å². The normalized spacial score (nSPS) is 31.1. The maximum absolute atomic E-state index is 6.19. The van der Waals surface area contributed by atoms with Crippen molar-refractivity contribution >= 4 is 41.7 Å². The Morgan fingerprint density at radius 2 is 1.73 bits per heavy atom. The van der Waals surface area contributed by atoms with Crippen molar-refractivity contribution in [1.82, 2.24) is 9.80 Å². The third-order valence-electron chi connectivity index (χ3n) is 4.63. The molecule has 1 unspecified atom stereocenters. The summed E-state index contributed by atoms with van der Waals surface area (Å²) in [5.74, 6) is 3.07. The second-order valence-corrected chi connectivity index (χ2v) is 7.01. The number of nitrogens with two attached hydrogens (primary N) is 1. The molecule has 0 spiro atoms. The molecule has 0 aromatic carbocycles. The van der Waals surface area contributed by atoms with Crippen LogP contribution in [0.2, 0.25) is 0 Å². The van der Waals surface area contributed by atoms with Crippen LogP contribution in [-0.2, 0) is 9.47 Å². The molecular formula is C14H27IN4O2S. The van der Waals surface area contributed by atoms with Gasteiger partial charge in [0, 0.05) is 31.9 Å². The molecule has 0 aromatic rings. The Morgan fingerprint density at radius 3 is 2.32 bits per heavy atom. The number of morpholine rings is 2. The number of aliphatic imine (C=N–C) groups is 1. The highest BCUT2D eigenvalue weighted by Gasteiger charge is 2.40. The van der Waals surface area contributed by atoms with E-state index in [0.717, 1.165) is 64.9 Å². The summed E-state index contributed by atoms with van der Waals surface area (Å²) in [5, 5.41) is 0. The molecule has 3 aliphatic rings. The number of halogens is 1. The molecule has 3 rings (SSSR count). The van der Waals surface area contributed by atoms with Crippen LogP contribution in [0.4, 0.5) is 0 Å². The third kappa shape index (κ3) is 4.40. The molecule has 8 heteroatoms. The van der Waals surface area contributed by atoms with Crippen molar-refractivity contribution in [2.45, 2.75) is 12.0 Å². The van der Waals surface area contributed by atoms with Gasteiger partial charge in [-0.2, -0.15) is 11.8 Å². The summed E-state index contributed by atoms with van der Waals surface area (Å²) in [6.45, 7) is 7.75. The van der Waals surface area contributed by atoms with Gasteiger partial charge in [-0.3, -0.25) is 9.89 Å². The lowest BCUT2D eigenvalue weighted by molar-refractivity contribution is -0.0105. The number of nitrogens with zero attached hydrogens (tertiary/aromatic N) is 3. The molecule has 0 saturated carbocycles. The maximum Gasteiger partial charge on any atom is 0.191 e. The summed E-state index contributed by atoms with van der Waals surface area (Å²) < 4.78 is 10.9. The van der Waals surface area contributed by atoms with Gasteiger partial charge < -0.3 is 20.1 Å². The van der Waals surface area contributed by atoms with Gasteiger partial charge in [0.2, 0.25) is 0 Å². The quantitative estimate of drug-likeness (QED) is 0.390. The molecule has 2 N–H and O–H groups in total. The highest BCUT2D eigenvalue weighted by molar-refractivity contribution is 14.0. The number of hydrogen-bond donors (Lipinski definition) is 1. The molecular weight excluding hydrogens is 415 g/mol. The Balaban J connectivity index is 0.00000176. The Labute approximate surface area is 154 Å². The summed E-state index contributed by atoms with van der Waals surface area (Å²) in [7, 11) is 0. The molecule has 1 atom stereocenters. The zero-order valence-corrected chi connectivity index (χ0v) is 16.2. The van der Waals surface area contributed by atoms with Crippen molar-refractivity contribution in [3.63, 3.8) is 0 Å². The van der Waals surface area contributed by atoms with Gasteiger partial charge in [0.15, 0.2) is 5.96 Å². The van der Waals surface area contributed by atoms with E-state index in [-0.39, 0.29) is 29.5 Å². The van der Waals surface area contributed by atoms with Gasteiger partial charge in [0.05, 0.1) is 38.5 Å². The van der Waals surface area contributed by atoms with Crippen molar-refractivity contribution < 1.29 is 9.47 Å². The molecule has 3 saturated heterocycles. The third-order valence-corrected chi connectivity index (χ3v) is 5.87. The van der Waals surface area contributed by atoms with Crippen LogP contribution in [0.15, 0.2) is 4.99 Å². The highest BCUT2D eigenvalue weighted by atomic mass is 127. The standard InChI is InChI=1S/C14H26N4O2S.HI/c15-13(17-2-6-19-7-3-17)16-11-14(1-10-21-12-14)18-4-8-20-9-5-18;/h1-12H2,(H2,15,16);1H. The Hall–Kier alpha value is 0.230. The number of rotatable bonds is 3. The number of hydrogen-bond acceptors (Lipinski definition) is 5. The molecule has 0 aliphatic carbocycles. The first kappa shape index (κ1) is 18.6. The van der Waals surface area contributed by atoms with E-state index >= 15 is 0 Å². The van der Waals surface area contributed by atoms with Crippen LogP contribution < -0.4 is 5.73 Å². The molecule has 3 fully saturated rings. The maximum atomic E-state index is 6.19. The molecule has 0 amide bonds. The zero-order valence-electron chi connectivity index (χ0n) is 13.0. The molecule has 128 valence electrons. The summed E-state index contributed by atoms with van der Waals surface area (Å²) in [5.41, 5.74) is 6.37. The number of thioether (sulfide) groups is 1. The number of guanidine groups is 1. The predicted octanol–water partition coefficient (Wildman–Crippen LogP) is 0.459. The second-order valence-electron chi connectivity index (χ2n) is 5.90. The smallest absolute Gasteiger partial charge is 0.191 e. The van der Waals surface area contributed by atoms with Crippen LogP contribution in [0.3, 0.4) is 0 Å². The lowest BCUT2D eigenvalue weighted by atomic mass is 9.96. The molecule has 0 bridgehead atoms. The van der Waals surface area contributed by atoms with E-state index in [1.165, 1.54) is 12.2 Å². The van der Waals surface area contributed by atoms with E-state index in [0.29, 0.717) is 5.96 Å². The summed E-state index contributed by atoms with van der Waals surface area (Å²) in [6.07, 6.45) is 1.21. The average Bonchev–Trinajstić information content (AvgIpc) is 3.04. The van der Waals surface area contributed by atoms with Crippen LogP contribution in [0.5, 0.6) is 0 Å². The zero-order chi connectivity index (χ0) is 14.5. The fourth-order valence-corrected chi connectivity index (χ4v) is 4.70. The van der Waals surface area contributed by atoms with Crippen LogP contribution in [0.1, 0.15) is 6.42 Å². The SMILES string of the molecule is I.NC(=NCC1(N2CCOCC2)CCSC1)N1CCOCC1. The highest BCUT2D eigenvalue weighted by Crippen LogP contribution is 2.34. The first-order chi connectivity index (χ1) is 10.3. The van der Waals surface area contributed by atoms with Crippen molar-refractivity contribution in [2.75, 3.05) is 70.7 Å². The lowest BCUT2D eigenvalue weighted by Gasteiger charge is -2.42. The molecule has 3 aliphatic heterocycles. The van der Waals surface area contributed by atoms with Crippen LogP contribution in [0.25, 0.3) is 0 Å². The van der Waals surface area contributed by atoms with Gasteiger partial charge in [-0.15, -0.1) is 24.0 Å². The topological polar surface area (TPSA) is 63.3 Å². The summed E-state index contributed by atoms with van der Waals surface area (Å²) in [6, 6.07) is 0. The van der Waals surface area contributed by atoms with Gasteiger partial charge >= 0.3 is 0 Å². The van der Waals surface area contributed by atoms with Crippen LogP contribution in [0, 0.1) is 0 Å². The molecule has 22 heavy (non-hydrogen) atoms. The van der Waals surface area contributed by atoms with Gasteiger partial charge in [-0.05, 0) is 12.2 Å². The first-order valence-electron chi connectivity index (χ1n) is 7.83. The van der Waals surface area contributed by atoms with Gasteiger partial charge in [-0.25, -0.2) is 0 Å². The second kappa shape index (κ2) is 8.91. The lowest BCUT2D eigenvalue weighted by Crippen LogP contribution is -2.56. The Kier molecular flexibility index (Phi) is 7.52. The fraction of sp³-hybridized carbons (Fsp3) is 0.929. The van der Waals surface area contributed by atoms with Crippen LogP contribution in [-0.4, -0.2) is 92.0 Å². The average molecular weight is 442 g/mol. The van der Waals surface area contributed by atoms with Crippen molar-refractivity contribution in [2.24, 2.45) is 10.7 Å². The molecule has 0 radical (unpaired) electrons. The summed E-state index contributed by atoms with van der Waals surface area (Å²) >= 11 is 2.04.